The van der Waals surface area contributed by atoms with Crippen molar-refractivity contribution in [2.24, 2.45) is 28.1 Å². The zero-order valence-electron chi connectivity index (χ0n) is 16.3. The zero-order chi connectivity index (χ0) is 20.1. The summed E-state index contributed by atoms with van der Waals surface area (Å²) in [5, 5.41) is 9.86. The summed E-state index contributed by atoms with van der Waals surface area (Å²) in [6.07, 6.45) is 11.4. The Bertz CT molecular complexity index is 784. The predicted octanol–water partition coefficient (Wildman–Crippen LogP) is 4.01. The lowest BCUT2D eigenvalue weighted by Gasteiger charge is -2.56. The van der Waals surface area contributed by atoms with Gasteiger partial charge in [-0.3, -0.25) is 9.35 Å². The van der Waals surface area contributed by atoms with Gasteiger partial charge in [0.15, 0.2) is 0 Å². The third-order valence-electron chi connectivity index (χ3n) is 7.40. The normalized spacial score (nSPS) is 41.4. The van der Waals surface area contributed by atoms with Crippen LogP contribution in [0.1, 0.15) is 59.3 Å². The van der Waals surface area contributed by atoms with Crippen molar-refractivity contribution in [3.8, 4) is 0 Å². The fourth-order valence-corrected chi connectivity index (χ4v) is 6.11. The van der Waals surface area contributed by atoms with Gasteiger partial charge in [-0.25, -0.2) is 4.18 Å². The highest BCUT2D eigenvalue weighted by Gasteiger charge is 2.57. The molecule has 0 saturated heterocycles. The van der Waals surface area contributed by atoms with Crippen LogP contribution in [0.25, 0.3) is 0 Å². The lowest BCUT2D eigenvalue weighted by atomic mass is 9.47. The Morgan fingerprint density at radius 2 is 1.96 bits per heavy atom. The van der Waals surface area contributed by atoms with Crippen molar-refractivity contribution in [1.29, 1.82) is 0 Å². The highest BCUT2D eigenvalue weighted by Crippen LogP contribution is 2.62. The van der Waals surface area contributed by atoms with Crippen molar-refractivity contribution in [2.75, 3.05) is 6.61 Å². The first-order valence-corrected chi connectivity index (χ1v) is 11.0. The summed E-state index contributed by atoms with van der Waals surface area (Å²) < 4.78 is 34.8. The molecule has 27 heavy (non-hydrogen) atoms. The Labute approximate surface area is 161 Å². The van der Waals surface area contributed by atoms with Gasteiger partial charge >= 0.3 is 16.4 Å². The van der Waals surface area contributed by atoms with Gasteiger partial charge in [-0.2, -0.15) is 8.42 Å². The van der Waals surface area contributed by atoms with Crippen LogP contribution in [0.3, 0.4) is 0 Å². The van der Waals surface area contributed by atoms with Crippen molar-refractivity contribution >= 4 is 16.4 Å². The number of fused-ring (bicyclic) bond motifs is 3. The molecule has 0 aromatic rings. The molecule has 3 rings (SSSR count). The number of hydrogen-bond donors (Lipinski definition) is 2. The lowest BCUT2D eigenvalue weighted by molar-refractivity contribution is -0.159. The van der Waals surface area contributed by atoms with Gasteiger partial charge in [0.05, 0.1) is 12.0 Å². The van der Waals surface area contributed by atoms with Crippen LogP contribution in [-0.2, 0) is 19.4 Å². The Morgan fingerprint density at radius 1 is 1.26 bits per heavy atom. The summed E-state index contributed by atoms with van der Waals surface area (Å²) in [5.74, 6) is -0.369. The third kappa shape index (κ3) is 3.74. The minimum atomic E-state index is -4.41. The van der Waals surface area contributed by atoms with Gasteiger partial charge in [-0.15, -0.1) is 0 Å². The van der Waals surface area contributed by atoms with Crippen molar-refractivity contribution in [2.45, 2.75) is 59.3 Å². The maximum absolute atomic E-state index is 12.0. The number of carboxylic acid groups (broad SMARTS) is 1. The van der Waals surface area contributed by atoms with Crippen LogP contribution >= 0.6 is 0 Å². The van der Waals surface area contributed by atoms with Crippen LogP contribution in [0.5, 0.6) is 0 Å². The second-order valence-electron chi connectivity index (χ2n) is 9.31. The van der Waals surface area contributed by atoms with Gasteiger partial charge in [0.2, 0.25) is 0 Å². The van der Waals surface area contributed by atoms with E-state index in [1.807, 2.05) is 6.92 Å². The van der Waals surface area contributed by atoms with E-state index < -0.39 is 21.8 Å². The Kier molecular flexibility index (Phi) is 5.11. The molecular formula is C20H30O6S. The highest BCUT2D eigenvalue weighted by atomic mass is 32.3. The molecule has 0 aromatic carbocycles. The summed E-state index contributed by atoms with van der Waals surface area (Å²) >= 11 is 0. The molecule has 0 amide bonds. The molecule has 7 heteroatoms. The number of rotatable bonds is 5. The first-order chi connectivity index (χ1) is 12.4. The molecule has 5 atom stereocenters. The molecule has 0 unspecified atom stereocenters. The Morgan fingerprint density at radius 3 is 2.59 bits per heavy atom. The minimum Gasteiger partial charge on any atom is -0.481 e. The van der Waals surface area contributed by atoms with Gasteiger partial charge in [-0.1, -0.05) is 38.5 Å². The Balaban J connectivity index is 1.87. The van der Waals surface area contributed by atoms with E-state index in [1.54, 1.807) is 0 Å². The molecule has 6 nitrogen and oxygen atoms in total. The third-order valence-corrected chi connectivity index (χ3v) is 7.87. The van der Waals surface area contributed by atoms with E-state index in [2.05, 4.69) is 36.3 Å². The summed E-state index contributed by atoms with van der Waals surface area (Å²) in [6.45, 7) is 6.15. The average molecular weight is 399 g/mol. The van der Waals surface area contributed by atoms with Crippen molar-refractivity contribution in [1.82, 2.24) is 0 Å². The molecule has 1 fully saturated rings. The fourth-order valence-electron chi connectivity index (χ4n) is 5.81. The van der Waals surface area contributed by atoms with Gasteiger partial charge in [0.1, 0.15) is 0 Å². The molecule has 0 radical (unpaired) electrons. The second kappa shape index (κ2) is 6.71. The molecule has 0 heterocycles. The number of hydrogen-bond acceptors (Lipinski definition) is 4. The Hall–Kier alpha value is -1.18. The summed E-state index contributed by atoms with van der Waals surface area (Å²) in [6, 6.07) is 0. The van der Waals surface area contributed by atoms with Gasteiger partial charge in [-0.05, 0) is 67.3 Å². The van der Waals surface area contributed by atoms with Crippen LogP contribution < -0.4 is 0 Å². The highest BCUT2D eigenvalue weighted by molar-refractivity contribution is 7.80. The summed E-state index contributed by atoms with van der Waals surface area (Å²) in [4.78, 5) is 12.0. The van der Waals surface area contributed by atoms with Crippen molar-refractivity contribution < 1.29 is 27.1 Å². The number of allylic oxidation sites excluding steroid dienone is 4. The lowest BCUT2D eigenvalue weighted by Crippen LogP contribution is -2.52. The summed E-state index contributed by atoms with van der Waals surface area (Å²) in [5.41, 5.74) is 0.232. The maximum atomic E-state index is 12.0. The zero-order valence-corrected chi connectivity index (χ0v) is 17.1. The van der Waals surface area contributed by atoms with E-state index >= 15 is 0 Å². The quantitative estimate of drug-likeness (QED) is 0.679. The number of carboxylic acids is 1. The molecule has 3 aliphatic rings. The molecule has 1 saturated carbocycles. The van der Waals surface area contributed by atoms with Crippen LogP contribution in [0.4, 0.5) is 0 Å². The molecule has 0 bridgehead atoms. The first kappa shape index (κ1) is 20.6. The van der Waals surface area contributed by atoms with Crippen molar-refractivity contribution in [3.63, 3.8) is 0 Å². The predicted molar refractivity (Wildman–Crippen MR) is 101 cm³/mol. The van der Waals surface area contributed by atoms with Gasteiger partial charge < -0.3 is 5.11 Å². The van der Waals surface area contributed by atoms with Crippen LogP contribution in [0.2, 0.25) is 0 Å². The van der Waals surface area contributed by atoms with E-state index in [4.69, 9.17) is 4.55 Å². The molecule has 0 aliphatic heterocycles. The largest absolute Gasteiger partial charge is 0.481 e. The molecule has 2 N–H and O–H groups in total. The van der Waals surface area contributed by atoms with Gasteiger partial charge in [0, 0.05) is 0 Å². The van der Waals surface area contributed by atoms with E-state index in [0.29, 0.717) is 18.8 Å². The smallest absolute Gasteiger partial charge is 0.397 e. The number of carbonyl (C=O) groups is 1. The molecule has 0 aromatic heterocycles. The summed E-state index contributed by atoms with van der Waals surface area (Å²) in [7, 11) is -4.41. The second-order valence-corrected chi connectivity index (χ2v) is 10.4. The number of aliphatic carboxylic acids is 1. The van der Waals surface area contributed by atoms with Crippen LogP contribution in [-0.4, -0.2) is 30.7 Å². The van der Waals surface area contributed by atoms with Crippen molar-refractivity contribution in [3.05, 3.63) is 23.8 Å². The monoisotopic (exact) mass is 398 g/mol. The van der Waals surface area contributed by atoms with E-state index in [1.165, 1.54) is 5.57 Å². The van der Waals surface area contributed by atoms with Crippen LogP contribution in [0, 0.1) is 28.1 Å². The van der Waals surface area contributed by atoms with Gasteiger partial charge in [0.25, 0.3) is 0 Å². The molecule has 152 valence electrons. The standard InChI is InChI=1S/C20H30O6S/c1-18(11-12-26-27(23,24)25)10-7-15-14(13-18)5-6-16-19(15,2)8-4-9-20(16,3)17(21)22/h5-6,13,15-16H,4,7-12H2,1-3H3,(H,21,22)(H,23,24,25)/t15-,16+,18-,19-,20+/m1/s1. The minimum absolute atomic E-state index is 0.0191. The average Bonchev–Trinajstić information content (AvgIpc) is 2.52. The SMILES string of the molecule is C[C@@]1(CCOS(=O)(=O)O)C=C2C=C[C@H]3[C@](C)(CCC[C@]3(C)C(=O)O)[C@@H]2CC1. The van der Waals surface area contributed by atoms with E-state index in [-0.39, 0.29) is 23.4 Å². The van der Waals surface area contributed by atoms with E-state index in [0.717, 1.165) is 25.7 Å². The molecule has 3 aliphatic carbocycles. The topological polar surface area (TPSA) is 101 Å². The van der Waals surface area contributed by atoms with E-state index in [9.17, 15) is 18.3 Å². The maximum Gasteiger partial charge on any atom is 0.397 e. The molecular weight excluding hydrogens is 368 g/mol. The molecule has 0 spiro atoms. The first-order valence-electron chi connectivity index (χ1n) is 9.66. The fraction of sp³-hybridized carbons (Fsp3) is 0.750. The van der Waals surface area contributed by atoms with Crippen LogP contribution in [0.15, 0.2) is 23.8 Å².